The molecule has 0 aliphatic heterocycles. The molecular formula is C28H54O5. The van der Waals surface area contributed by atoms with E-state index < -0.39 is 6.10 Å². The summed E-state index contributed by atoms with van der Waals surface area (Å²) in [6.07, 6.45) is 22.9. The molecule has 0 radical (unpaired) electrons. The minimum absolute atomic E-state index is 0.109. The molecule has 0 fully saturated rings. The predicted molar refractivity (Wildman–Crippen MR) is 136 cm³/mol. The van der Waals surface area contributed by atoms with Crippen LogP contribution in [0.5, 0.6) is 0 Å². The number of hydrogen-bond acceptors (Lipinski definition) is 5. The summed E-state index contributed by atoms with van der Waals surface area (Å²) in [5, 5.41) is 9.87. The lowest BCUT2D eigenvalue weighted by molar-refractivity contribution is -0.152. The van der Waals surface area contributed by atoms with Gasteiger partial charge in [0.15, 0.2) is 0 Å². The first-order valence-corrected chi connectivity index (χ1v) is 14.1. The molecule has 1 atom stereocenters. The number of rotatable bonds is 25. The number of aliphatic hydroxyl groups is 1. The van der Waals surface area contributed by atoms with Crippen LogP contribution in [0.25, 0.3) is 0 Å². The van der Waals surface area contributed by atoms with E-state index in [0.717, 1.165) is 32.1 Å². The van der Waals surface area contributed by atoms with Crippen LogP contribution in [0.1, 0.15) is 149 Å². The molecule has 5 heteroatoms. The molecule has 0 aromatic carbocycles. The first kappa shape index (κ1) is 31.9. The Balaban J connectivity index is 3.44. The molecule has 0 heterocycles. The van der Waals surface area contributed by atoms with Gasteiger partial charge in [0, 0.05) is 12.8 Å². The predicted octanol–water partition coefficient (Wildman–Crippen LogP) is 7.67. The summed E-state index contributed by atoms with van der Waals surface area (Å²) in [5.74, 6) is -0.566. The highest BCUT2D eigenvalue weighted by atomic mass is 16.6. The van der Waals surface area contributed by atoms with Gasteiger partial charge in [-0.1, -0.05) is 123 Å². The van der Waals surface area contributed by atoms with Gasteiger partial charge in [-0.3, -0.25) is 9.59 Å². The second-order valence-corrected chi connectivity index (χ2v) is 9.53. The van der Waals surface area contributed by atoms with E-state index in [1.807, 2.05) is 0 Å². The van der Waals surface area contributed by atoms with Gasteiger partial charge in [-0.05, 0) is 12.8 Å². The van der Waals surface area contributed by atoms with Gasteiger partial charge >= 0.3 is 11.9 Å². The Bertz CT molecular complexity index is 438. The quantitative estimate of drug-likeness (QED) is 0.109. The van der Waals surface area contributed by atoms with Crippen LogP contribution in [0.4, 0.5) is 0 Å². The molecule has 0 saturated carbocycles. The number of aliphatic hydroxyl groups excluding tert-OH is 1. The topological polar surface area (TPSA) is 72.8 Å². The molecule has 0 saturated heterocycles. The Hall–Kier alpha value is -1.10. The Kier molecular flexibility index (Phi) is 24.7. The van der Waals surface area contributed by atoms with Crippen LogP contribution in [0.2, 0.25) is 0 Å². The van der Waals surface area contributed by atoms with E-state index in [4.69, 9.17) is 9.47 Å². The smallest absolute Gasteiger partial charge is 0.305 e. The van der Waals surface area contributed by atoms with Crippen molar-refractivity contribution in [3.05, 3.63) is 0 Å². The van der Waals surface area contributed by atoms with Crippen LogP contribution in [0.3, 0.4) is 0 Å². The van der Waals surface area contributed by atoms with Gasteiger partial charge < -0.3 is 14.6 Å². The molecule has 196 valence electrons. The highest BCUT2D eigenvalue weighted by Crippen LogP contribution is 2.12. The summed E-state index contributed by atoms with van der Waals surface area (Å²) < 4.78 is 10.2. The van der Waals surface area contributed by atoms with Crippen LogP contribution in [0, 0.1) is 0 Å². The number of carbonyl (C=O) groups is 2. The summed E-state index contributed by atoms with van der Waals surface area (Å²) >= 11 is 0. The van der Waals surface area contributed by atoms with Crippen LogP contribution >= 0.6 is 0 Å². The molecular weight excluding hydrogens is 416 g/mol. The lowest BCUT2D eigenvalue weighted by Gasteiger charge is -2.12. The van der Waals surface area contributed by atoms with Crippen LogP contribution < -0.4 is 0 Å². The molecule has 0 spiro atoms. The van der Waals surface area contributed by atoms with Crippen molar-refractivity contribution in [1.29, 1.82) is 0 Å². The zero-order valence-corrected chi connectivity index (χ0v) is 21.9. The zero-order valence-electron chi connectivity index (χ0n) is 21.9. The minimum Gasteiger partial charge on any atom is -0.463 e. The van der Waals surface area contributed by atoms with E-state index >= 15 is 0 Å². The lowest BCUT2D eigenvalue weighted by Crippen LogP contribution is -2.25. The maximum absolute atomic E-state index is 11.8. The zero-order chi connectivity index (χ0) is 24.4. The fourth-order valence-electron chi connectivity index (χ4n) is 3.91. The van der Waals surface area contributed by atoms with Crippen molar-refractivity contribution in [2.24, 2.45) is 0 Å². The molecule has 1 N–H and O–H groups in total. The molecule has 33 heavy (non-hydrogen) atoms. The van der Waals surface area contributed by atoms with Gasteiger partial charge in [0.25, 0.3) is 0 Å². The number of carbonyl (C=O) groups excluding carboxylic acids is 2. The van der Waals surface area contributed by atoms with E-state index in [2.05, 4.69) is 13.8 Å². The lowest BCUT2D eigenvalue weighted by atomic mass is 10.1. The summed E-state index contributed by atoms with van der Waals surface area (Å²) in [4.78, 5) is 23.5. The standard InChI is InChI=1S/C28H54O5/c1-3-5-7-9-11-13-15-17-19-21-23-28(31)33-25-26(29)24-32-27(30)22-20-18-16-14-12-10-8-6-4-2/h26,29H,3-25H2,1-2H3/t26-/m1/s1. The van der Waals surface area contributed by atoms with E-state index in [9.17, 15) is 14.7 Å². The normalized spacial score (nSPS) is 12.0. The van der Waals surface area contributed by atoms with Crippen LogP contribution in [-0.2, 0) is 19.1 Å². The number of ether oxygens (including phenoxy) is 2. The van der Waals surface area contributed by atoms with E-state index in [-0.39, 0.29) is 25.2 Å². The maximum Gasteiger partial charge on any atom is 0.305 e. The SMILES string of the molecule is CCCCCCCCCCCCC(=O)OC[C@H](O)COC(=O)CCCCCCCCCCC. The van der Waals surface area contributed by atoms with Crippen molar-refractivity contribution in [3.8, 4) is 0 Å². The average Bonchev–Trinajstić information content (AvgIpc) is 2.81. The molecule has 5 nitrogen and oxygen atoms in total. The maximum atomic E-state index is 11.8. The summed E-state index contributed by atoms with van der Waals surface area (Å²) in [6, 6.07) is 0. The second-order valence-electron chi connectivity index (χ2n) is 9.53. The number of hydrogen-bond donors (Lipinski definition) is 1. The molecule has 0 rings (SSSR count). The van der Waals surface area contributed by atoms with Gasteiger partial charge in [-0.2, -0.15) is 0 Å². The van der Waals surface area contributed by atoms with Gasteiger partial charge in [0.05, 0.1) is 0 Å². The highest BCUT2D eigenvalue weighted by Gasteiger charge is 2.12. The molecule has 0 aliphatic rings. The average molecular weight is 471 g/mol. The largest absolute Gasteiger partial charge is 0.463 e. The molecule has 0 aromatic heterocycles. The van der Waals surface area contributed by atoms with Crippen molar-refractivity contribution in [3.63, 3.8) is 0 Å². The van der Waals surface area contributed by atoms with E-state index in [1.165, 1.54) is 89.9 Å². The van der Waals surface area contributed by atoms with Gasteiger partial charge in [-0.15, -0.1) is 0 Å². The minimum atomic E-state index is -0.950. The first-order valence-electron chi connectivity index (χ1n) is 14.1. The third-order valence-electron chi connectivity index (χ3n) is 6.09. The monoisotopic (exact) mass is 470 g/mol. The number of unbranched alkanes of at least 4 members (excludes halogenated alkanes) is 17. The van der Waals surface area contributed by atoms with Crippen molar-refractivity contribution in [2.75, 3.05) is 13.2 Å². The molecule has 0 bridgehead atoms. The number of esters is 2. The van der Waals surface area contributed by atoms with Crippen LogP contribution in [-0.4, -0.2) is 36.4 Å². The first-order chi connectivity index (χ1) is 16.1. The fraction of sp³-hybridized carbons (Fsp3) is 0.929. The Morgan fingerprint density at radius 1 is 0.515 bits per heavy atom. The fourth-order valence-corrected chi connectivity index (χ4v) is 3.91. The molecule has 0 unspecified atom stereocenters. The third-order valence-corrected chi connectivity index (χ3v) is 6.09. The molecule has 0 aliphatic carbocycles. The second kappa shape index (κ2) is 25.5. The van der Waals surface area contributed by atoms with E-state index in [0.29, 0.717) is 12.8 Å². The molecule has 0 aromatic rings. The Morgan fingerprint density at radius 3 is 1.09 bits per heavy atom. The van der Waals surface area contributed by atoms with Gasteiger partial charge in [0.1, 0.15) is 19.3 Å². The highest BCUT2D eigenvalue weighted by molar-refractivity contribution is 5.69. The summed E-state index contributed by atoms with van der Waals surface area (Å²) in [7, 11) is 0. The van der Waals surface area contributed by atoms with E-state index in [1.54, 1.807) is 0 Å². The van der Waals surface area contributed by atoms with Crippen molar-refractivity contribution < 1.29 is 24.2 Å². The van der Waals surface area contributed by atoms with Gasteiger partial charge in [0.2, 0.25) is 0 Å². The van der Waals surface area contributed by atoms with Crippen molar-refractivity contribution >= 4 is 11.9 Å². The summed E-state index contributed by atoms with van der Waals surface area (Å²) in [5.41, 5.74) is 0. The Labute approximate surface area is 204 Å². The Morgan fingerprint density at radius 2 is 0.788 bits per heavy atom. The van der Waals surface area contributed by atoms with Gasteiger partial charge in [-0.25, -0.2) is 0 Å². The van der Waals surface area contributed by atoms with Crippen LogP contribution in [0.15, 0.2) is 0 Å². The third kappa shape index (κ3) is 25.4. The van der Waals surface area contributed by atoms with Crippen molar-refractivity contribution in [2.45, 2.75) is 155 Å². The summed E-state index contributed by atoms with van der Waals surface area (Å²) in [6.45, 7) is 4.24. The molecule has 0 amide bonds. The van der Waals surface area contributed by atoms with Crippen molar-refractivity contribution in [1.82, 2.24) is 0 Å².